The van der Waals surface area contributed by atoms with Crippen molar-refractivity contribution in [1.29, 1.82) is 0 Å². The van der Waals surface area contributed by atoms with Crippen molar-refractivity contribution in [3.63, 3.8) is 0 Å². The Kier molecular flexibility index (Phi) is 6.25. The largest absolute Gasteiger partial charge is 0.352 e. The first-order chi connectivity index (χ1) is 15.0. The first kappa shape index (κ1) is 21.3. The molecule has 164 valence electrons. The number of fused-ring (bicyclic) bond motifs is 1. The molecule has 1 amide bonds. The van der Waals surface area contributed by atoms with Gasteiger partial charge in [0.1, 0.15) is 6.04 Å². The Morgan fingerprint density at radius 3 is 2.42 bits per heavy atom. The maximum atomic E-state index is 13.3. The normalized spacial score (nSPS) is 16.2. The Labute approximate surface area is 183 Å². The van der Waals surface area contributed by atoms with E-state index in [2.05, 4.69) is 10.4 Å². The van der Waals surface area contributed by atoms with E-state index in [1.54, 1.807) is 6.20 Å². The Morgan fingerprint density at radius 2 is 1.77 bits per heavy atom. The van der Waals surface area contributed by atoms with Gasteiger partial charge in [-0.25, -0.2) is 0 Å². The van der Waals surface area contributed by atoms with Crippen LogP contribution in [0.3, 0.4) is 0 Å². The number of hydrogen-bond donors (Lipinski definition) is 1. The second-order valence-electron chi connectivity index (χ2n) is 8.65. The Hall–Kier alpha value is -2.89. The zero-order chi connectivity index (χ0) is 22.0. The van der Waals surface area contributed by atoms with Crippen LogP contribution in [0.15, 0.2) is 41.3 Å². The summed E-state index contributed by atoms with van der Waals surface area (Å²) in [6.07, 6.45) is 9.39. The van der Waals surface area contributed by atoms with Crippen LogP contribution in [0.2, 0.25) is 0 Å². The van der Waals surface area contributed by atoms with E-state index in [1.165, 1.54) is 30.4 Å². The molecule has 1 N–H and O–H groups in total. The van der Waals surface area contributed by atoms with Crippen LogP contribution in [-0.2, 0) is 4.79 Å². The summed E-state index contributed by atoms with van der Waals surface area (Å²) in [4.78, 5) is 26.6. The van der Waals surface area contributed by atoms with Gasteiger partial charge in [0.15, 0.2) is 0 Å². The molecule has 2 heterocycles. The molecule has 0 radical (unpaired) electrons. The number of benzene rings is 1. The summed E-state index contributed by atoms with van der Waals surface area (Å²) in [6.45, 7) is 5.94. The molecule has 0 spiro atoms. The number of carbonyl (C=O) groups excluding carboxylic acids is 1. The second-order valence-corrected chi connectivity index (χ2v) is 8.65. The molecule has 6 heteroatoms. The van der Waals surface area contributed by atoms with Crippen LogP contribution >= 0.6 is 0 Å². The molecule has 6 nitrogen and oxygen atoms in total. The van der Waals surface area contributed by atoms with Gasteiger partial charge in [-0.3, -0.25) is 9.59 Å². The highest BCUT2D eigenvalue weighted by molar-refractivity contribution is 5.89. The Morgan fingerprint density at radius 1 is 1.10 bits per heavy atom. The predicted octanol–water partition coefficient (Wildman–Crippen LogP) is 4.59. The van der Waals surface area contributed by atoms with Crippen molar-refractivity contribution in [3.8, 4) is 5.69 Å². The number of nitrogens with one attached hydrogen (secondary N) is 1. The van der Waals surface area contributed by atoms with Crippen LogP contribution in [0.5, 0.6) is 0 Å². The number of rotatable bonds is 5. The summed E-state index contributed by atoms with van der Waals surface area (Å²) in [6, 6.07) is 9.36. The van der Waals surface area contributed by atoms with Gasteiger partial charge in [0, 0.05) is 22.8 Å². The number of aromatic nitrogens is 3. The Bertz CT molecular complexity index is 1120. The number of aryl methyl sites for hydroxylation is 2. The molecule has 4 rings (SSSR count). The summed E-state index contributed by atoms with van der Waals surface area (Å²) >= 11 is 0. The zero-order valence-corrected chi connectivity index (χ0v) is 18.7. The lowest BCUT2D eigenvalue weighted by Crippen LogP contribution is -2.40. The molecule has 1 aliphatic carbocycles. The first-order valence-corrected chi connectivity index (χ1v) is 11.5. The van der Waals surface area contributed by atoms with Crippen LogP contribution in [0.1, 0.15) is 69.3 Å². The standard InChI is InChI=1S/C25H32N4O2/c1-4-22(24(30)27-19-12-8-5-6-9-13-19)28-17(2)21-16-26-29(20-14-10-7-11-15-20)25(31)23(21)18(28)3/h7,10-11,14-16,19,22H,4-6,8-9,12-13H2,1-3H3,(H,27,30). The minimum atomic E-state index is -0.333. The molecule has 3 aromatic rings. The SMILES string of the molecule is CCC(C(=O)NC1CCCCCC1)n1c(C)c2cnn(-c3ccccc3)c(=O)c2c1C. The average molecular weight is 421 g/mol. The van der Waals surface area contributed by atoms with Gasteiger partial charge in [-0.05, 0) is 45.2 Å². The van der Waals surface area contributed by atoms with Gasteiger partial charge in [0.05, 0.1) is 17.3 Å². The molecule has 1 fully saturated rings. The molecule has 1 aromatic carbocycles. The van der Waals surface area contributed by atoms with Gasteiger partial charge in [-0.15, -0.1) is 0 Å². The van der Waals surface area contributed by atoms with Crippen molar-refractivity contribution in [1.82, 2.24) is 19.7 Å². The van der Waals surface area contributed by atoms with E-state index < -0.39 is 0 Å². The van der Waals surface area contributed by atoms with Crippen LogP contribution in [0.4, 0.5) is 0 Å². The maximum Gasteiger partial charge on any atom is 0.281 e. The lowest BCUT2D eigenvalue weighted by molar-refractivity contribution is -0.125. The predicted molar refractivity (Wildman–Crippen MR) is 124 cm³/mol. The summed E-state index contributed by atoms with van der Waals surface area (Å²) in [5.74, 6) is 0.0530. The van der Waals surface area contributed by atoms with Crippen molar-refractivity contribution < 1.29 is 4.79 Å². The number of nitrogens with zero attached hydrogens (tertiary/aromatic N) is 3. The van der Waals surface area contributed by atoms with E-state index in [1.807, 2.05) is 55.7 Å². The molecule has 2 aromatic heterocycles. The molecule has 1 unspecified atom stereocenters. The fourth-order valence-electron chi connectivity index (χ4n) is 5.01. The molecule has 1 saturated carbocycles. The fraction of sp³-hybridized carbons (Fsp3) is 0.480. The first-order valence-electron chi connectivity index (χ1n) is 11.5. The monoisotopic (exact) mass is 420 g/mol. The van der Waals surface area contributed by atoms with Crippen LogP contribution < -0.4 is 10.9 Å². The van der Waals surface area contributed by atoms with Crippen LogP contribution in [0, 0.1) is 13.8 Å². The third-order valence-electron chi connectivity index (χ3n) is 6.66. The van der Waals surface area contributed by atoms with Crippen molar-refractivity contribution >= 4 is 16.7 Å². The molecule has 1 aliphatic rings. The molecule has 31 heavy (non-hydrogen) atoms. The quantitative estimate of drug-likeness (QED) is 0.614. The lowest BCUT2D eigenvalue weighted by Gasteiger charge is -2.24. The van der Waals surface area contributed by atoms with Gasteiger partial charge in [0.25, 0.3) is 5.56 Å². The smallest absolute Gasteiger partial charge is 0.281 e. The molecule has 0 saturated heterocycles. The minimum absolute atomic E-state index is 0.0530. The highest BCUT2D eigenvalue weighted by atomic mass is 16.2. The molecule has 1 atom stereocenters. The van der Waals surface area contributed by atoms with E-state index in [4.69, 9.17) is 0 Å². The van der Waals surface area contributed by atoms with E-state index in [0.29, 0.717) is 11.8 Å². The molecule has 0 bridgehead atoms. The van der Waals surface area contributed by atoms with E-state index in [0.717, 1.165) is 35.3 Å². The highest BCUT2D eigenvalue weighted by Gasteiger charge is 2.27. The maximum absolute atomic E-state index is 13.3. The Balaban J connectivity index is 1.73. The zero-order valence-electron chi connectivity index (χ0n) is 18.7. The summed E-state index contributed by atoms with van der Waals surface area (Å²) in [7, 11) is 0. The third kappa shape index (κ3) is 4.03. The van der Waals surface area contributed by atoms with Crippen molar-refractivity contribution in [3.05, 3.63) is 58.3 Å². The lowest BCUT2D eigenvalue weighted by atomic mass is 10.1. The van der Waals surface area contributed by atoms with Crippen molar-refractivity contribution in [2.75, 3.05) is 0 Å². The number of amides is 1. The fourth-order valence-corrected chi connectivity index (χ4v) is 5.01. The number of hydrogen-bond acceptors (Lipinski definition) is 3. The number of carbonyl (C=O) groups is 1. The van der Waals surface area contributed by atoms with Crippen molar-refractivity contribution in [2.45, 2.75) is 77.8 Å². The molecular formula is C25H32N4O2. The van der Waals surface area contributed by atoms with E-state index in [-0.39, 0.29) is 23.6 Å². The van der Waals surface area contributed by atoms with Gasteiger partial charge in [-0.1, -0.05) is 50.8 Å². The van der Waals surface area contributed by atoms with Gasteiger partial charge in [0.2, 0.25) is 5.91 Å². The minimum Gasteiger partial charge on any atom is -0.352 e. The second kappa shape index (κ2) is 9.08. The number of para-hydroxylation sites is 1. The van der Waals surface area contributed by atoms with E-state index in [9.17, 15) is 9.59 Å². The summed E-state index contributed by atoms with van der Waals surface area (Å²) in [5.41, 5.74) is 2.33. The topological polar surface area (TPSA) is 68.9 Å². The highest BCUT2D eigenvalue weighted by Crippen LogP contribution is 2.28. The molecular weight excluding hydrogens is 388 g/mol. The van der Waals surface area contributed by atoms with Gasteiger partial charge >= 0.3 is 0 Å². The van der Waals surface area contributed by atoms with Crippen LogP contribution in [0.25, 0.3) is 16.5 Å². The van der Waals surface area contributed by atoms with Crippen molar-refractivity contribution in [2.24, 2.45) is 0 Å². The third-order valence-corrected chi connectivity index (χ3v) is 6.66. The van der Waals surface area contributed by atoms with E-state index >= 15 is 0 Å². The van der Waals surface area contributed by atoms with Gasteiger partial charge in [-0.2, -0.15) is 9.78 Å². The molecule has 0 aliphatic heterocycles. The van der Waals surface area contributed by atoms with Gasteiger partial charge < -0.3 is 9.88 Å². The summed E-state index contributed by atoms with van der Waals surface area (Å²) in [5, 5.41) is 9.17. The average Bonchev–Trinajstić information content (AvgIpc) is 2.94. The van der Waals surface area contributed by atoms with Crippen LogP contribution in [-0.4, -0.2) is 26.3 Å². The summed E-state index contributed by atoms with van der Waals surface area (Å²) < 4.78 is 3.47.